The summed E-state index contributed by atoms with van der Waals surface area (Å²) >= 11 is 0. The zero-order valence-corrected chi connectivity index (χ0v) is 17.5. The molecular weight excluding hydrogens is 384 g/mol. The van der Waals surface area contributed by atoms with Gasteiger partial charge in [0, 0.05) is 43.6 Å². The molecule has 1 aliphatic heterocycles. The molecule has 0 bridgehead atoms. The number of aromatic nitrogens is 1. The number of benzene rings is 2. The van der Waals surface area contributed by atoms with E-state index in [0.717, 1.165) is 39.8 Å². The molecular formula is C23H24N2O5. The smallest absolute Gasteiger partial charge is 0.339 e. The van der Waals surface area contributed by atoms with Gasteiger partial charge >= 0.3 is 5.97 Å². The van der Waals surface area contributed by atoms with Crippen LogP contribution < -0.4 is 14.4 Å². The summed E-state index contributed by atoms with van der Waals surface area (Å²) in [5.74, 6) is 1.74. The fourth-order valence-electron chi connectivity index (χ4n) is 3.75. The van der Waals surface area contributed by atoms with Crippen molar-refractivity contribution in [1.82, 2.24) is 4.98 Å². The van der Waals surface area contributed by atoms with Crippen LogP contribution in [0.15, 0.2) is 36.5 Å². The third-order valence-corrected chi connectivity index (χ3v) is 5.35. The quantitative estimate of drug-likeness (QED) is 0.553. The maximum Gasteiger partial charge on any atom is 0.339 e. The van der Waals surface area contributed by atoms with E-state index in [2.05, 4.69) is 4.98 Å². The number of nitrogens with zero attached hydrogens (tertiary/aromatic N) is 2. The van der Waals surface area contributed by atoms with Gasteiger partial charge in [-0.2, -0.15) is 0 Å². The Morgan fingerprint density at radius 2 is 1.83 bits per heavy atom. The number of hydrogen-bond donors (Lipinski definition) is 0. The van der Waals surface area contributed by atoms with Crippen LogP contribution in [-0.2, 0) is 16.1 Å². The molecule has 2 heterocycles. The van der Waals surface area contributed by atoms with Gasteiger partial charge in [0.2, 0.25) is 0 Å². The van der Waals surface area contributed by atoms with Gasteiger partial charge in [-0.1, -0.05) is 0 Å². The highest BCUT2D eigenvalue weighted by Gasteiger charge is 2.28. The molecule has 7 heteroatoms. The second kappa shape index (κ2) is 8.20. The average molecular weight is 408 g/mol. The SMILES string of the molecule is COCCN(C)c1ccc(-c2c3c(cc4cc(OC)c(OC)cc24)COC3=O)cn1. The lowest BCUT2D eigenvalue weighted by molar-refractivity contribution is 0.0535. The molecule has 0 unspecified atom stereocenters. The molecule has 1 aromatic heterocycles. The third kappa shape index (κ3) is 3.41. The minimum Gasteiger partial charge on any atom is -0.493 e. The molecule has 1 aliphatic rings. The second-order valence-electron chi connectivity index (χ2n) is 7.11. The highest BCUT2D eigenvalue weighted by Crippen LogP contribution is 2.42. The highest BCUT2D eigenvalue weighted by molar-refractivity contribution is 6.11. The molecule has 2 aromatic carbocycles. The molecule has 0 aliphatic carbocycles. The Bertz CT molecular complexity index is 1100. The lowest BCUT2D eigenvalue weighted by Crippen LogP contribution is -2.22. The molecule has 4 rings (SSSR count). The monoisotopic (exact) mass is 408 g/mol. The topological polar surface area (TPSA) is 70.1 Å². The first-order valence-corrected chi connectivity index (χ1v) is 9.62. The van der Waals surface area contributed by atoms with Crippen molar-refractivity contribution in [1.29, 1.82) is 0 Å². The standard InChI is InChI=1S/C23H24N2O5/c1-25(7-8-27-2)20-6-5-14(12-24-20)21-17-11-19(29-4)18(28-3)10-15(17)9-16-13-30-23(26)22(16)21/h5-6,9-12H,7-8,13H2,1-4H3. The molecule has 0 spiro atoms. The molecule has 0 N–H and O–H groups in total. The Kier molecular flexibility index (Phi) is 5.46. The number of carbonyl (C=O) groups excluding carboxylic acids is 1. The zero-order valence-electron chi connectivity index (χ0n) is 17.5. The first-order valence-electron chi connectivity index (χ1n) is 9.62. The van der Waals surface area contributed by atoms with Crippen LogP contribution in [0.25, 0.3) is 21.9 Å². The Hall–Kier alpha value is -3.32. The molecule has 0 radical (unpaired) electrons. The van der Waals surface area contributed by atoms with Gasteiger partial charge in [0.1, 0.15) is 12.4 Å². The average Bonchev–Trinajstić information content (AvgIpc) is 3.15. The summed E-state index contributed by atoms with van der Waals surface area (Å²) < 4.78 is 21.4. The number of ether oxygens (including phenoxy) is 4. The van der Waals surface area contributed by atoms with Crippen LogP contribution in [0.2, 0.25) is 0 Å². The Balaban J connectivity index is 1.88. The van der Waals surface area contributed by atoms with E-state index in [1.807, 2.05) is 42.3 Å². The number of pyridine rings is 1. The van der Waals surface area contributed by atoms with Crippen molar-refractivity contribution in [3.05, 3.63) is 47.7 Å². The fourth-order valence-corrected chi connectivity index (χ4v) is 3.75. The van der Waals surface area contributed by atoms with Crippen molar-refractivity contribution in [2.24, 2.45) is 0 Å². The number of carbonyl (C=O) groups is 1. The summed E-state index contributed by atoms with van der Waals surface area (Å²) in [5, 5.41) is 1.83. The summed E-state index contributed by atoms with van der Waals surface area (Å²) in [7, 11) is 6.84. The number of methoxy groups -OCH3 is 3. The van der Waals surface area contributed by atoms with Crippen LogP contribution >= 0.6 is 0 Å². The Morgan fingerprint density at radius 3 is 2.50 bits per heavy atom. The maximum absolute atomic E-state index is 12.6. The van der Waals surface area contributed by atoms with E-state index in [9.17, 15) is 4.79 Å². The molecule has 7 nitrogen and oxygen atoms in total. The number of fused-ring (bicyclic) bond motifs is 2. The van der Waals surface area contributed by atoms with E-state index in [-0.39, 0.29) is 12.6 Å². The highest BCUT2D eigenvalue weighted by atomic mass is 16.5. The minimum absolute atomic E-state index is 0.261. The van der Waals surface area contributed by atoms with Crippen molar-refractivity contribution in [3.63, 3.8) is 0 Å². The molecule has 0 amide bonds. The van der Waals surface area contributed by atoms with Crippen molar-refractivity contribution in [2.75, 3.05) is 46.4 Å². The van der Waals surface area contributed by atoms with E-state index in [1.54, 1.807) is 27.5 Å². The first-order chi connectivity index (χ1) is 14.6. The molecule has 0 saturated heterocycles. The van der Waals surface area contributed by atoms with Gasteiger partial charge in [0.15, 0.2) is 11.5 Å². The lowest BCUT2D eigenvalue weighted by atomic mass is 9.91. The largest absolute Gasteiger partial charge is 0.493 e. The molecule has 0 saturated carbocycles. The van der Waals surface area contributed by atoms with E-state index in [0.29, 0.717) is 23.7 Å². The van der Waals surface area contributed by atoms with Gasteiger partial charge in [-0.3, -0.25) is 0 Å². The summed E-state index contributed by atoms with van der Waals surface area (Å²) in [5.41, 5.74) is 3.07. The van der Waals surface area contributed by atoms with E-state index >= 15 is 0 Å². The normalized spacial score (nSPS) is 12.6. The molecule has 3 aromatic rings. The van der Waals surface area contributed by atoms with Crippen LogP contribution in [0.5, 0.6) is 11.5 Å². The van der Waals surface area contributed by atoms with Crippen molar-refractivity contribution >= 4 is 22.6 Å². The number of esters is 1. The Morgan fingerprint density at radius 1 is 1.07 bits per heavy atom. The number of likely N-dealkylation sites (N-methyl/N-ethyl adjacent to an activating group) is 1. The summed E-state index contributed by atoms with van der Waals surface area (Å²) in [4.78, 5) is 19.2. The van der Waals surface area contributed by atoms with E-state index in [1.165, 1.54) is 0 Å². The predicted octanol–water partition coefficient (Wildman–Crippen LogP) is 3.67. The number of cyclic esters (lactones) is 1. The third-order valence-electron chi connectivity index (χ3n) is 5.35. The van der Waals surface area contributed by atoms with Gasteiger partial charge < -0.3 is 23.8 Å². The number of anilines is 1. The molecule has 0 fully saturated rings. The Labute approximate surface area is 175 Å². The van der Waals surface area contributed by atoms with Gasteiger partial charge in [-0.15, -0.1) is 0 Å². The van der Waals surface area contributed by atoms with Crippen LogP contribution in [0.1, 0.15) is 15.9 Å². The summed E-state index contributed by atoms with van der Waals surface area (Å²) in [6, 6.07) is 9.71. The second-order valence-corrected chi connectivity index (χ2v) is 7.11. The maximum atomic E-state index is 12.6. The van der Waals surface area contributed by atoms with Gasteiger partial charge in [0.05, 0.1) is 26.4 Å². The van der Waals surface area contributed by atoms with Crippen molar-refractivity contribution in [2.45, 2.75) is 6.61 Å². The summed E-state index contributed by atoms with van der Waals surface area (Å²) in [6.45, 7) is 1.61. The zero-order chi connectivity index (χ0) is 21.3. The van der Waals surface area contributed by atoms with Crippen LogP contribution in [0.4, 0.5) is 5.82 Å². The van der Waals surface area contributed by atoms with Crippen molar-refractivity contribution < 1.29 is 23.7 Å². The van der Waals surface area contributed by atoms with Gasteiger partial charge in [-0.05, 0) is 41.1 Å². The van der Waals surface area contributed by atoms with E-state index in [4.69, 9.17) is 18.9 Å². The number of rotatable bonds is 7. The number of hydrogen-bond acceptors (Lipinski definition) is 7. The van der Waals surface area contributed by atoms with E-state index < -0.39 is 0 Å². The lowest BCUT2D eigenvalue weighted by Gasteiger charge is -2.18. The molecule has 0 atom stereocenters. The molecule has 30 heavy (non-hydrogen) atoms. The van der Waals surface area contributed by atoms with Crippen molar-refractivity contribution in [3.8, 4) is 22.6 Å². The predicted molar refractivity (Wildman–Crippen MR) is 115 cm³/mol. The summed E-state index contributed by atoms with van der Waals surface area (Å²) in [6.07, 6.45) is 1.79. The van der Waals surface area contributed by atoms with Crippen LogP contribution in [0.3, 0.4) is 0 Å². The van der Waals surface area contributed by atoms with Gasteiger partial charge in [0.25, 0.3) is 0 Å². The van der Waals surface area contributed by atoms with Crippen LogP contribution in [0, 0.1) is 0 Å². The minimum atomic E-state index is -0.321. The fraction of sp³-hybridized carbons (Fsp3) is 0.304. The molecule has 156 valence electrons. The first kappa shape index (κ1) is 20.0. The van der Waals surface area contributed by atoms with Gasteiger partial charge in [-0.25, -0.2) is 9.78 Å². The van der Waals surface area contributed by atoms with Crippen LogP contribution in [-0.4, -0.2) is 52.5 Å².